The average Bonchev–Trinajstić information content (AvgIpc) is 3.48. The smallest absolute Gasteiger partial charge is 0.167 e. The fraction of sp³-hybridized carbons (Fsp3) is 0. The summed E-state index contributed by atoms with van der Waals surface area (Å²) in [5.41, 5.74) is 8.76. The second-order valence-electron chi connectivity index (χ2n) is 10.5. The second kappa shape index (κ2) is 10.5. The van der Waals surface area contributed by atoms with Gasteiger partial charge in [0.15, 0.2) is 17.5 Å². The van der Waals surface area contributed by atoms with Gasteiger partial charge in [0.2, 0.25) is 0 Å². The molecule has 2 aromatic heterocycles. The number of rotatable bonds is 5. The van der Waals surface area contributed by atoms with Crippen LogP contribution in [-0.4, -0.2) is 15.0 Å². The Morgan fingerprint density at radius 3 is 1.44 bits per heavy atom. The Hall–Kier alpha value is -5.87. The first-order valence-corrected chi connectivity index (χ1v) is 14.3. The highest BCUT2D eigenvalue weighted by molar-refractivity contribution is 6.09. The van der Waals surface area contributed by atoms with Crippen LogP contribution in [0.4, 0.5) is 0 Å². The predicted molar refractivity (Wildman–Crippen MR) is 174 cm³/mol. The number of furan rings is 1. The van der Waals surface area contributed by atoms with E-state index in [1.807, 2.05) is 42.5 Å². The largest absolute Gasteiger partial charge is 0.455 e. The number of hydrogen-bond donors (Lipinski definition) is 0. The minimum Gasteiger partial charge on any atom is -0.455 e. The number of nitrogens with zero attached hydrogens (tertiary/aromatic N) is 3. The maximum atomic E-state index is 6.38. The van der Waals surface area contributed by atoms with Crippen LogP contribution in [0.5, 0.6) is 0 Å². The number of benzene rings is 6. The molecule has 4 heteroatoms. The third kappa shape index (κ3) is 4.65. The van der Waals surface area contributed by atoms with Crippen molar-refractivity contribution in [2.24, 2.45) is 0 Å². The van der Waals surface area contributed by atoms with Crippen LogP contribution in [0.25, 0.3) is 78.4 Å². The first-order chi connectivity index (χ1) is 21.3. The zero-order valence-corrected chi connectivity index (χ0v) is 23.2. The molecule has 0 spiro atoms. The standard InChI is InChI=1S/C39H25N3O/c1-3-12-26(13-4-1)28-16-9-18-30(24-28)37-40-38(31-19-10-17-29(25-31)27-14-5-2-6-15-27)42-39(41-37)34-22-11-21-33-32-20-7-8-23-35(32)43-36(33)34/h1-25H. The number of para-hydroxylation sites is 2. The van der Waals surface area contributed by atoms with Gasteiger partial charge in [-0.2, -0.15) is 0 Å². The Labute approximate surface area is 249 Å². The summed E-state index contributed by atoms with van der Waals surface area (Å²) in [7, 11) is 0. The molecule has 0 fully saturated rings. The van der Waals surface area contributed by atoms with Gasteiger partial charge in [0.05, 0.1) is 5.56 Å². The van der Waals surface area contributed by atoms with E-state index in [0.29, 0.717) is 17.5 Å². The molecule has 0 aliphatic heterocycles. The molecule has 2 heterocycles. The van der Waals surface area contributed by atoms with Gasteiger partial charge in [-0.15, -0.1) is 0 Å². The van der Waals surface area contributed by atoms with Crippen molar-refractivity contribution >= 4 is 21.9 Å². The van der Waals surface area contributed by atoms with Crippen molar-refractivity contribution in [1.29, 1.82) is 0 Å². The van der Waals surface area contributed by atoms with Crippen LogP contribution in [0.3, 0.4) is 0 Å². The fourth-order valence-corrected chi connectivity index (χ4v) is 5.61. The van der Waals surface area contributed by atoms with Gasteiger partial charge in [0, 0.05) is 21.9 Å². The molecule has 0 saturated heterocycles. The Morgan fingerprint density at radius 1 is 0.349 bits per heavy atom. The van der Waals surface area contributed by atoms with Crippen LogP contribution in [0, 0.1) is 0 Å². The first kappa shape index (κ1) is 24.9. The maximum absolute atomic E-state index is 6.38. The normalized spacial score (nSPS) is 11.3. The van der Waals surface area contributed by atoms with Crippen LogP contribution >= 0.6 is 0 Å². The molecule has 8 rings (SSSR count). The van der Waals surface area contributed by atoms with E-state index in [0.717, 1.165) is 60.9 Å². The van der Waals surface area contributed by atoms with E-state index in [1.54, 1.807) is 0 Å². The van der Waals surface area contributed by atoms with E-state index in [2.05, 4.69) is 109 Å². The van der Waals surface area contributed by atoms with Crippen molar-refractivity contribution in [2.75, 3.05) is 0 Å². The molecular weight excluding hydrogens is 526 g/mol. The molecule has 202 valence electrons. The Morgan fingerprint density at radius 2 is 0.814 bits per heavy atom. The van der Waals surface area contributed by atoms with Crippen LogP contribution in [0.15, 0.2) is 156 Å². The zero-order chi connectivity index (χ0) is 28.6. The lowest BCUT2D eigenvalue weighted by Crippen LogP contribution is -2.00. The monoisotopic (exact) mass is 551 g/mol. The van der Waals surface area contributed by atoms with Crippen LogP contribution in [0.2, 0.25) is 0 Å². The molecule has 0 bridgehead atoms. The fourth-order valence-electron chi connectivity index (χ4n) is 5.61. The second-order valence-corrected chi connectivity index (χ2v) is 10.5. The summed E-state index contributed by atoms with van der Waals surface area (Å²) in [5.74, 6) is 1.78. The van der Waals surface area contributed by atoms with Gasteiger partial charge in [-0.3, -0.25) is 0 Å². The summed E-state index contributed by atoms with van der Waals surface area (Å²) in [6.45, 7) is 0. The van der Waals surface area contributed by atoms with Gasteiger partial charge in [0.1, 0.15) is 11.2 Å². The van der Waals surface area contributed by atoms with E-state index >= 15 is 0 Å². The van der Waals surface area contributed by atoms with Crippen LogP contribution < -0.4 is 0 Å². The number of hydrogen-bond acceptors (Lipinski definition) is 4. The van der Waals surface area contributed by atoms with Crippen molar-refractivity contribution in [3.05, 3.63) is 152 Å². The SMILES string of the molecule is c1ccc(-c2cccc(-c3nc(-c4cccc(-c5ccccc5)c4)nc(-c4cccc5c4oc4ccccc45)n3)c2)cc1. The first-order valence-electron chi connectivity index (χ1n) is 14.3. The Bertz CT molecular complexity index is 2140. The minimum atomic E-state index is 0.569. The summed E-state index contributed by atoms with van der Waals surface area (Å²) in [4.78, 5) is 15.1. The van der Waals surface area contributed by atoms with E-state index in [9.17, 15) is 0 Å². The van der Waals surface area contributed by atoms with Crippen LogP contribution in [0.1, 0.15) is 0 Å². The Balaban J connectivity index is 1.34. The van der Waals surface area contributed by atoms with Gasteiger partial charge < -0.3 is 4.42 Å². The van der Waals surface area contributed by atoms with E-state index in [-0.39, 0.29) is 0 Å². The Kier molecular flexibility index (Phi) is 6.08. The lowest BCUT2D eigenvalue weighted by atomic mass is 10.0. The van der Waals surface area contributed by atoms with Gasteiger partial charge >= 0.3 is 0 Å². The summed E-state index contributed by atoms with van der Waals surface area (Å²) >= 11 is 0. The lowest BCUT2D eigenvalue weighted by molar-refractivity contribution is 0.669. The average molecular weight is 552 g/mol. The minimum absolute atomic E-state index is 0.569. The van der Waals surface area contributed by atoms with E-state index in [1.165, 1.54) is 0 Å². The lowest BCUT2D eigenvalue weighted by Gasteiger charge is -2.11. The summed E-state index contributed by atoms with van der Waals surface area (Å²) in [5, 5.41) is 2.11. The van der Waals surface area contributed by atoms with E-state index < -0.39 is 0 Å². The number of fused-ring (bicyclic) bond motifs is 3. The molecule has 0 aliphatic carbocycles. The molecular formula is C39H25N3O. The molecule has 0 atom stereocenters. The topological polar surface area (TPSA) is 51.8 Å². The number of aromatic nitrogens is 3. The molecule has 4 nitrogen and oxygen atoms in total. The quantitative estimate of drug-likeness (QED) is 0.214. The molecule has 0 radical (unpaired) electrons. The van der Waals surface area contributed by atoms with Gasteiger partial charge in [-0.05, 0) is 46.5 Å². The third-order valence-electron chi connectivity index (χ3n) is 7.74. The predicted octanol–water partition coefficient (Wildman–Crippen LogP) is 10.1. The van der Waals surface area contributed by atoms with Gasteiger partial charge in [-0.25, -0.2) is 15.0 Å². The van der Waals surface area contributed by atoms with Gasteiger partial charge in [0.25, 0.3) is 0 Å². The highest BCUT2D eigenvalue weighted by Crippen LogP contribution is 2.36. The highest BCUT2D eigenvalue weighted by atomic mass is 16.3. The zero-order valence-electron chi connectivity index (χ0n) is 23.2. The third-order valence-corrected chi connectivity index (χ3v) is 7.74. The molecule has 0 N–H and O–H groups in total. The molecule has 0 saturated carbocycles. The molecule has 0 aliphatic rings. The highest BCUT2D eigenvalue weighted by Gasteiger charge is 2.18. The molecule has 0 unspecified atom stereocenters. The summed E-state index contributed by atoms with van der Waals surface area (Å²) in [6.07, 6.45) is 0. The van der Waals surface area contributed by atoms with Crippen molar-refractivity contribution in [3.8, 4) is 56.4 Å². The van der Waals surface area contributed by atoms with Crippen LogP contribution in [-0.2, 0) is 0 Å². The molecule has 0 amide bonds. The van der Waals surface area contributed by atoms with E-state index in [4.69, 9.17) is 19.4 Å². The summed E-state index contributed by atoms with van der Waals surface area (Å²) < 4.78 is 6.38. The molecule has 8 aromatic rings. The van der Waals surface area contributed by atoms with Crippen molar-refractivity contribution in [2.45, 2.75) is 0 Å². The molecule has 43 heavy (non-hydrogen) atoms. The van der Waals surface area contributed by atoms with Crippen molar-refractivity contribution in [1.82, 2.24) is 15.0 Å². The summed E-state index contributed by atoms with van der Waals surface area (Å²) in [6, 6.07) is 51.7. The molecule has 6 aromatic carbocycles. The maximum Gasteiger partial charge on any atom is 0.167 e. The van der Waals surface area contributed by atoms with Crippen molar-refractivity contribution < 1.29 is 4.42 Å². The van der Waals surface area contributed by atoms with Gasteiger partial charge in [-0.1, -0.05) is 127 Å². The van der Waals surface area contributed by atoms with Crippen molar-refractivity contribution in [3.63, 3.8) is 0 Å².